The SMILES string of the molecule is CS(=O)(=O)Nc1cccc(N2I=Nc3c2nc(-c2ccc(-c4cnccn4)cc2)n(-c2ccc(Cl)cc2)c3=O)c1. The minimum Gasteiger partial charge on any atom is -0.284 e. The van der Waals surface area contributed by atoms with Gasteiger partial charge in [0.1, 0.15) is 27.1 Å². The molecule has 0 aliphatic carbocycles. The van der Waals surface area contributed by atoms with E-state index in [4.69, 9.17) is 16.6 Å². The molecule has 0 saturated heterocycles. The van der Waals surface area contributed by atoms with Crippen molar-refractivity contribution in [3.8, 4) is 28.3 Å². The summed E-state index contributed by atoms with van der Waals surface area (Å²) in [5, 5.41) is 0.546. The summed E-state index contributed by atoms with van der Waals surface area (Å²) in [6.45, 7) is 0. The van der Waals surface area contributed by atoms with Crippen molar-refractivity contribution in [3.63, 3.8) is 0 Å². The monoisotopic (exact) mass is 683 g/mol. The molecule has 0 saturated carbocycles. The van der Waals surface area contributed by atoms with Crippen molar-refractivity contribution in [3.05, 3.63) is 107 Å². The summed E-state index contributed by atoms with van der Waals surface area (Å²) in [6, 6.07) is 21.5. The summed E-state index contributed by atoms with van der Waals surface area (Å²) < 4.78 is 34.1. The Hall–Kier alpha value is -4.01. The fourth-order valence-electron chi connectivity index (χ4n) is 4.16. The van der Waals surface area contributed by atoms with Crippen molar-refractivity contribution in [2.45, 2.75) is 0 Å². The van der Waals surface area contributed by atoms with Crippen LogP contribution in [-0.4, -0.2) is 34.2 Å². The molecule has 3 aromatic carbocycles. The topological polar surface area (TPSA) is 122 Å². The van der Waals surface area contributed by atoms with Crippen LogP contribution in [0.25, 0.3) is 28.3 Å². The third kappa shape index (κ3) is 5.24. The van der Waals surface area contributed by atoms with E-state index in [2.05, 4.69) is 17.8 Å². The lowest BCUT2D eigenvalue weighted by Crippen LogP contribution is -2.22. The number of nitrogens with one attached hydrogen (secondary N) is 1. The number of rotatable bonds is 6. The molecule has 0 bridgehead atoms. The molecule has 1 N–H and O–H groups in total. The third-order valence-electron chi connectivity index (χ3n) is 5.89. The van der Waals surface area contributed by atoms with Crippen molar-refractivity contribution in [1.29, 1.82) is 0 Å². The molecule has 40 heavy (non-hydrogen) atoms. The van der Waals surface area contributed by atoms with Crippen LogP contribution >= 0.6 is 32.9 Å². The quantitative estimate of drug-likeness (QED) is 0.166. The molecule has 6 rings (SSSR count). The molecule has 0 spiro atoms. The van der Waals surface area contributed by atoms with Gasteiger partial charge in [-0.15, -0.1) is 0 Å². The normalized spacial score (nSPS) is 12.6. The van der Waals surface area contributed by atoms with E-state index in [0.717, 1.165) is 17.5 Å². The lowest BCUT2D eigenvalue weighted by molar-refractivity contribution is 0.607. The predicted octanol–water partition coefficient (Wildman–Crippen LogP) is 6.23. The number of halogens is 2. The molecule has 0 fully saturated rings. The van der Waals surface area contributed by atoms with Crippen LogP contribution in [0.15, 0.2) is 99.3 Å². The van der Waals surface area contributed by atoms with Crippen LogP contribution in [0.2, 0.25) is 5.02 Å². The van der Waals surface area contributed by atoms with Crippen LogP contribution in [0.5, 0.6) is 0 Å². The summed E-state index contributed by atoms with van der Waals surface area (Å²) in [5.41, 5.74) is 3.94. The summed E-state index contributed by atoms with van der Waals surface area (Å²) in [5.74, 6) is 0.848. The van der Waals surface area contributed by atoms with Gasteiger partial charge < -0.3 is 0 Å². The van der Waals surface area contributed by atoms with Gasteiger partial charge in [0.05, 0.1) is 35.2 Å². The lowest BCUT2D eigenvalue weighted by Gasteiger charge is -2.19. The maximum absolute atomic E-state index is 13.9. The summed E-state index contributed by atoms with van der Waals surface area (Å²) in [4.78, 5) is 27.4. The van der Waals surface area contributed by atoms with E-state index in [1.807, 2.05) is 33.4 Å². The largest absolute Gasteiger partial charge is 0.287 e. The van der Waals surface area contributed by atoms with E-state index in [-0.39, 0.29) is 11.2 Å². The molecule has 10 nitrogen and oxygen atoms in total. The Balaban J connectivity index is 1.50. The molecule has 0 radical (unpaired) electrons. The van der Waals surface area contributed by atoms with Gasteiger partial charge >= 0.3 is 0 Å². The zero-order chi connectivity index (χ0) is 27.9. The Kier molecular flexibility index (Phi) is 6.90. The van der Waals surface area contributed by atoms with E-state index in [0.29, 0.717) is 39.3 Å². The highest BCUT2D eigenvalue weighted by atomic mass is 127. The molecule has 0 unspecified atom stereocenters. The van der Waals surface area contributed by atoms with Gasteiger partial charge in [-0.25, -0.2) is 13.4 Å². The van der Waals surface area contributed by atoms with E-state index >= 15 is 0 Å². The molecular formula is C27H19ClIN7O3S. The molecule has 2 aromatic heterocycles. The van der Waals surface area contributed by atoms with E-state index < -0.39 is 31.3 Å². The van der Waals surface area contributed by atoms with E-state index in [9.17, 15) is 13.2 Å². The van der Waals surface area contributed by atoms with Gasteiger partial charge in [0, 0.05) is 28.5 Å². The predicted molar refractivity (Wildman–Crippen MR) is 164 cm³/mol. The Morgan fingerprint density at radius 2 is 1.68 bits per heavy atom. The van der Waals surface area contributed by atoms with Crippen LogP contribution in [0.3, 0.4) is 0 Å². The number of benzene rings is 3. The Morgan fingerprint density at radius 3 is 2.38 bits per heavy atom. The first-order chi connectivity index (χ1) is 19.3. The molecule has 1 aliphatic rings. The van der Waals surface area contributed by atoms with Crippen LogP contribution < -0.4 is 13.4 Å². The van der Waals surface area contributed by atoms with Crippen molar-refractivity contribution < 1.29 is 8.42 Å². The van der Waals surface area contributed by atoms with Crippen molar-refractivity contribution in [2.24, 2.45) is 3.15 Å². The second kappa shape index (κ2) is 10.5. The highest BCUT2D eigenvalue weighted by Gasteiger charge is 2.28. The standard InChI is InChI=1S/C27H19ClIN7O3S/c1-40(38,39)34-20-3-2-4-22(15-20)36-26-24(33-29-36)27(37)35(21-11-9-19(28)10-12-21)25(32-26)18-7-5-17(6-8-18)23-16-30-13-14-31-23/h2-16,34H,1H3. The highest BCUT2D eigenvalue weighted by molar-refractivity contribution is 14.2. The Labute approximate surface area is 244 Å². The molecule has 13 heteroatoms. The summed E-state index contributed by atoms with van der Waals surface area (Å²) in [7, 11) is -3.46. The molecule has 1 aliphatic heterocycles. The smallest absolute Gasteiger partial charge is 0.284 e. The Morgan fingerprint density at radius 1 is 0.925 bits per heavy atom. The number of hydrogen-bond donors (Lipinski definition) is 1. The number of anilines is 3. The van der Waals surface area contributed by atoms with Gasteiger partial charge in [-0.2, -0.15) is 3.15 Å². The van der Waals surface area contributed by atoms with Crippen molar-refractivity contribution in [1.82, 2.24) is 19.5 Å². The molecule has 3 heterocycles. The number of hydrogen-bond acceptors (Lipinski definition) is 8. The number of sulfonamides is 1. The number of fused-ring (bicyclic) bond motifs is 1. The van der Waals surface area contributed by atoms with Crippen LogP contribution in [0.1, 0.15) is 0 Å². The first kappa shape index (κ1) is 26.2. The average molecular weight is 684 g/mol. The van der Waals surface area contributed by atoms with E-state index in [1.54, 1.807) is 61.1 Å². The van der Waals surface area contributed by atoms with Crippen LogP contribution in [0, 0.1) is 0 Å². The van der Waals surface area contributed by atoms with Gasteiger partial charge in [-0.05, 0) is 42.5 Å². The maximum Gasteiger partial charge on any atom is 0.287 e. The minimum absolute atomic E-state index is 0.254. The van der Waals surface area contributed by atoms with Gasteiger partial charge in [0.25, 0.3) is 5.56 Å². The zero-order valence-corrected chi connectivity index (χ0v) is 24.5. The molecule has 5 aromatic rings. The van der Waals surface area contributed by atoms with Crippen molar-refractivity contribution in [2.75, 3.05) is 14.1 Å². The first-order valence-electron chi connectivity index (χ1n) is 11.8. The van der Waals surface area contributed by atoms with Crippen LogP contribution in [0.4, 0.5) is 22.9 Å². The van der Waals surface area contributed by atoms with Gasteiger partial charge in [-0.3, -0.25) is 27.2 Å². The maximum atomic E-state index is 13.9. The zero-order valence-electron chi connectivity index (χ0n) is 20.7. The third-order valence-corrected chi connectivity index (χ3v) is 8.89. The number of nitrogens with zero attached hydrogens (tertiary/aromatic N) is 6. The first-order valence-corrected chi connectivity index (χ1v) is 16.0. The van der Waals surface area contributed by atoms with E-state index in [1.165, 1.54) is 4.57 Å². The summed E-state index contributed by atoms with van der Waals surface area (Å²) in [6.07, 6.45) is 6.02. The second-order valence-corrected chi connectivity index (χ2v) is 12.8. The number of aromatic nitrogens is 4. The van der Waals surface area contributed by atoms with Crippen molar-refractivity contribution >= 4 is 65.8 Å². The molecular weight excluding hydrogens is 665 g/mol. The lowest BCUT2D eigenvalue weighted by atomic mass is 10.1. The molecule has 0 atom stereocenters. The van der Waals surface area contributed by atoms with Crippen LogP contribution in [-0.2, 0) is 10.0 Å². The minimum atomic E-state index is -3.46. The summed E-state index contributed by atoms with van der Waals surface area (Å²) >= 11 is 5.09. The van der Waals surface area contributed by atoms with Gasteiger partial charge in [0.15, 0.2) is 11.5 Å². The van der Waals surface area contributed by atoms with Gasteiger partial charge in [0.2, 0.25) is 10.0 Å². The molecule has 200 valence electrons. The Bertz CT molecular complexity index is 1930. The highest BCUT2D eigenvalue weighted by Crippen LogP contribution is 2.45. The van der Waals surface area contributed by atoms with Gasteiger partial charge in [-0.1, -0.05) is 41.9 Å². The average Bonchev–Trinajstić information content (AvgIpc) is 3.38. The fraction of sp³-hybridized carbons (Fsp3) is 0.0370. The molecule has 0 amide bonds. The second-order valence-electron chi connectivity index (χ2n) is 8.76. The fourth-order valence-corrected chi connectivity index (χ4v) is 6.78.